The van der Waals surface area contributed by atoms with E-state index in [1.807, 2.05) is 30.3 Å². The first kappa shape index (κ1) is 25.7. The van der Waals surface area contributed by atoms with E-state index in [0.717, 1.165) is 18.0 Å². The van der Waals surface area contributed by atoms with E-state index in [4.69, 9.17) is 14.6 Å². The molecule has 1 aromatic carbocycles. The van der Waals surface area contributed by atoms with Gasteiger partial charge in [0.05, 0.1) is 30.9 Å². The van der Waals surface area contributed by atoms with Gasteiger partial charge in [-0.2, -0.15) is 13.2 Å². The number of ether oxygens (including phenoxy) is 2. The minimum Gasteiger partial charge on any atom is -0.481 e. The number of aliphatic carboxylic acids is 1. The smallest absolute Gasteiger partial charge is 0.417 e. The lowest BCUT2D eigenvalue weighted by Crippen LogP contribution is -2.07. The van der Waals surface area contributed by atoms with E-state index in [-0.39, 0.29) is 25.3 Å². The fourth-order valence-electron chi connectivity index (χ4n) is 3.57. The molecular formula is C25H24F3N5O4. The van der Waals surface area contributed by atoms with E-state index < -0.39 is 17.7 Å². The average Bonchev–Trinajstić information content (AvgIpc) is 3.47. The Morgan fingerprint density at radius 2 is 1.84 bits per heavy atom. The highest BCUT2D eigenvalue weighted by Gasteiger charge is 2.30. The summed E-state index contributed by atoms with van der Waals surface area (Å²) in [6.07, 6.45) is -1.49. The summed E-state index contributed by atoms with van der Waals surface area (Å²) in [6, 6.07) is 13.2. The van der Waals surface area contributed by atoms with Crippen molar-refractivity contribution >= 4 is 5.97 Å². The van der Waals surface area contributed by atoms with Crippen LogP contribution in [0.1, 0.15) is 30.2 Å². The highest BCUT2D eigenvalue weighted by Crippen LogP contribution is 2.29. The summed E-state index contributed by atoms with van der Waals surface area (Å²) < 4.78 is 53.0. The Hall–Kier alpha value is -4.35. The fraction of sp³-hybridized carbons (Fsp3) is 0.280. The number of pyridine rings is 1. The van der Waals surface area contributed by atoms with Crippen LogP contribution >= 0.6 is 0 Å². The zero-order chi connectivity index (χ0) is 26.4. The van der Waals surface area contributed by atoms with Crippen LogP contribution in [0, 0.1) is 0 Å². The number of nitrogens with zero attached hydrogens (tertiary/aromatic N) is 5. The highest BCUT2D eigenvalue weighted by atomic mass is 19.4. The van der Waals surface area contributed by atoms with E-state index in [1.54, 1.807) is 23.9 Å². The van der Waals surface area contributed by atoms with Gasteiger partial charge in [0.2, 0.25) is 11.8 Å². The number of aromatic nitrogens is 5. The van der Waals surface area contributed by atoms with Crippen molar-refractivity contribution in [3.63, 3.8) is 0 Å². The van der Waals surface area contributed by atoms with Crippen molar-refractivity contribution in [2.75, 3.05) is 13.2 Å². The molecule has 3 heterocycles. The molecule has 0 spiro atoms. The van der Waals surface area contributed by atoms with Gasteiger partial charge in [-0.1, -0.05) is 18.2 Å². The van der Waals surface area contributed by atoms with Crippen LogP contribution in [0.4, 0.5) is 13.2 Å². The van der Waals surface area contributed by atoms with Gasteiger partial charge in [0.25, 0.3) is 0 Å². The normalized spacial score (nSPS) is 11.5. The number of benzene rings is 1. The largest absolute Gasteiger partial charge is 0.481 e. The lowest BCUT2D eigenvalue weighted by Gasteiger charge is -2.06. The van der Waals surface area contributed by atoms with E-state index in [1.165, 1.54) is 10.7 Å². The second kappa shape index (κ2) is 11.1. The molecule has 9 nitrogen and oxygen atoms in total. The van der Waals surface area contributed by atoms with Crippen molar-refractivity contribution in [3.8, 4) is 23.3 Å². The Balaban J connectivity index is 1.48. The third kappa shape index (κ3) is 6.46. The molecule has 0 saturated carbocycles. The number of carboxylic acid groups (broad SMARTS) is 1. The van der Waals surface area contributed by atoms with Crippen LogP contribution in [-0.4, -0.2) is 48.8 Å². The van der Waals surface area contributed by atoms with Gasteiger partial charge in [0.1, 0.15) is 0 Å². The van der Waals surface area contributed by atoms with Gasteiger partial charge in [0, 0.05) is 42.6 Å². The van der Waals surface area contributed by atoms with Gasteiger partial charge in [0.15, 0.2) is 5.82 Å². The Morgan fingerprint density at radius 1 is 1.05 bits per heavy atom. The molecule has 194 valence electrons. The molecule has 0 radical (unpaired) electrons. The van der Waals surface area contributed by atoms with Crippen LogP contribution in [-0.2, 0) is 23.8 Å². The SMILES string of the molecule is CCOc1nn(-c2ccc(C(F)(F)F)cn2)cc1CCOc1cc(CCC(=O)O)n(-c2ccccc2)n1. The molecule has 0 unspecified atom stereocenters. The number of carbonyl (C=O) groups is 1. The van der Waals surface area contributed by atoms with Crippen molar-refractivity contribution in [3.05, 3.63) is 77.7 Å². The van der Waals surface area contributed by atoms with E-state index in [0.29, 0.717) is 36.0 Å². The molecule has 37 heavy (non-hydrogen) atoms. The Bertz CT molecular complexity index is 1330. The topological polar surface area (TPSA) is 104 Å². The monoisotopic (exact) mass is 515 g/mol. The third-order valence-electron chi connectivity index (χ3n) is 5.32. The molecule has 0 amide bonds. The number of rotatable bonds is 11. The van der Waals surface area contributed by atoms with Gasteiger partial charge < -0.3 is 14.6 Å². The molecule has 0 atom stereocenters. The molecule has 3 aromatic heterocycles. The number of hydrogen-bond acceptors (Lipinski definition) is 6. The molecule has 0 bridgehead atoms. The van der Waals surface area contributed by atoms with Crippen molar-refractivity contribution in [1.29, 1.82) is 0 Å². The maximum atomic E-state index is 12.8. The van der Waals surface area contributed by atoms with Crippen LogP contribution < -0.4 is 9.47 Å². The maximum Gasteiger partial charge on any atom is 0.417 e. The number of halogens is 3. The Morgan fingerprint density at radius 3 is 2.49 bits per heavy atom. The van der Waals surface area contributed by atoms with E-state index in [2.05, 4.69) is 15.2 Å². The summed E-state index contributed by atoms with van der Waals surface area (Å²) in [5.41, 5.74) is 1.30. The van der Waals surface area contributed by atoms with Gasteiger partial charge in [-0.25, -0.2) is 14.3 Å². The summed E-state index contributed by atoms with van der Waals surface area (Å²) in [5, 5.41) is 17.9. The predicted octanol–water partition coefficient (Wildman–Crippen LogP) is 4.51. The number of alkyl halides is 3. The summed E-state index contributed by atoms with van der Waals surface area (Å²) >= 11 is 0. The summed E-state index contributed by atoms with van der Waals surface area (Å²) in [5.74, 6) is -0.0409. The molecule has 0 saturated heterocycles. The zero-order valence-corrected chi connectivity index (χ0v) is 19.9. The molecular weight excluding hydrogens is 491 g/mol. The fourth-order valence-corrected chi connectivity index (χ4v) is 3.57. The number of carboxylic acids is 1. The maximum absolute atomic E-state index is 12.8. The third-order valence-corrected chi connectivity index (χ3v) is 5.32. The molecule has 12 heteroatoms. The van der Waals surface area contributed by atoms with Gasteiger partial charge in [-0.05, 0) is 31.2 Å². The van der Waals surface area contributed by atoms with Crippen LogP contribution in [0.2, 0.25) is 0 Å². The standard InChI is InChI=1S/C25H24F3N5O4/c1-2-36-24-17(16-32(31-24)21-10-8-18(15-29-21)25(26,27)28)12-13-37-22-14-20(9-11-23(34)35)33(30-22)19-6-4-3-5-7-19/h3-8,10,14-16H,2,9,11-13H2,1H3,(H,34,35). The van der Waals surface area contributed by atoms with Gasteiger partial charge >= 0.3 is 12.1 Å². The second-order valence-corrected chi connectivity index (χ2v) is 7.95. The van der Waals surface area contributed by atoms with Gasteiger partial charge in [-0.15, -0.1) is 10.2 Å². The molecule has 0 aliphatic heterocycles. The van der Waals surface area contributed by atoms with Crippen LogP contribution in [0.5, 0.6) is 11.8 Å². The lowest BCUT2D eigenvalue weighted by atomic mass is 10.2. The summed E-state index contributed by atoms with van der Waals surface area (Å²) in [6.45, 7) is 2.35. The number of para-hydroxylation sites is 1. The summed E-state index contributed by atoms with van der Waals surface area (Å²) in [7, 11) is 0. The van der Waals surface area contributed by atoms with Crippen molar-refractivity contribution in [2.45, 2.75) is 32.4 Å². The highest BCUT2D eigenvalue weighted by molar-refractivity contribution is 5.67. The van der Waals surface area contributed by atoms with Gasteiger partial charge in [-0.3, -0.25) is 4.79 Å². The Labute approximate surface area is 210 Å². The first-order chi connectivity index (χ1) is 17.7. The van der Waals surface area contributed by atoms with Crippen LogP contribution in [0.25, 0.3) is 11.5 Å². The number of hydrogen-bond donors (Lipinski definition) is 1. The molecule has 1 N–H and O–H groups in total. The minimum atomic E-state index is -4.48. The molecule has 0 aliphatic rings. The average molecular weight is 515 g/mol. The first-order valence-corrected chi connectivity index (χ1v) is 11.5. The molecule has 0 aliphatic carbocycles. The zero-order valence-electron chi connectivity index (χ0n) is 19.9. The predicted molar refractivity (Wildman–Crippen MR) is 126 cm³/mol. The first-order valence-electron chi connectivity index (χ1n) is 11.5. The van der Waals surface area contributed by atoms with Crippen molar-refractivity contribution in [1.82, 2.24) is 24.5 Å². The van der Waals surface area contributed by atoms with Crippen molar-refractivity contribution < 1.29 is 32.5 Å². The van der Waals surface area contributed by atoms with E-state index in [9.17, 15) is 18.0 Å². The Kier molecular flexibility index (Phi) is 7.75. The van der Waals surface area contributed by atoms with Crippen LogP contribution in [0.3, 0.4) is 0 Å². The quantitative estimate of drug-likeness (QED) is 0.313. The van der Waals surface area contributed by atoms with Crippen LogP contribution in [0.15, 0.2) is 60.9 Å². The molecule has 4 rings (SSSR count). The minimum absolute atomic E-state index is 0.0488. The lowest BCUT2D eigenvalue weighted by molar-refractivity contribution is -0.138. The second-order valence-electron chi connectivity index (χ2n) is 7.95. The van der Waals surface area contributed by atoms with E-state index >= 15 is 0 Å². The molecule has 0 fully saturated rings. The summed E-state index contributed by atoms with van der Waals surface area (Å²) in [4.78, 5) is 14.9. The number of aryl methyl sites for hydroxylation is 1. The van der Waals surface area contributed by atoms with Crippen molar-refractivity contribution in [2.24, 2.45) is 0 Å². The molecule has 4 aromatic rings.